The third kappa shape index (κ3) is 5.04. The number of hydrogen-bond acceptors (Lipinski definition) is 4. The van der Waals surface area contributed by atoms with Crippen LogP contribution in [-0.4, -0.2) is 23.2 Å². The number of aromatic nitrogens is 1. The smallest absolute Gasteiger partial charge is 0.230 e. The van der Waals surface area contributed by atoms with Gasteiger partial charge in [-0.2, -0.15) is 5.26 Å². The van der Waals surface area contributed by atoms with Gasteiger partial charge in [0.05, 0.1) is 11.3 Å². The van der Waals surface area contributed by atoms with Gasteiger partial charge in [0.25, 0.3) is 0 Å². The van der Waals surface area contributed by atoms with Gasteiger partial charge in [0.2, 0.25) is 5.91 Å². The van der Waals surface area contributed by atoms with Gasteiger partial charge in [-0.3, -0.25) is 4.79 Å². The molecule has 0 spiro atoms. The Hall–Kier alpha value is -2.39. The van der Waals surface area contributed by atoms with Crippen LogP contribution in [0.1, 0.15) is 27.9 Å². The fraction of sp³-hybridized carbons (Fsp3) is 0.316. The summed E-state index contributed by atoms with van der Waals surface area (Å²) in [6, 6.07) is 8.40. The second-order valence-electron chi connectivity index (χ2n) is 5.75. The number of halogens is 1. The second kappa shape index (κ2) is 8.63. The van der Waals surface area contributed by atoms with E-state index in [0.717, 1.165) is 22.4 Å². The molecule has 0 atom stereocenters. The Bertz CT molecular complexity index is 813. The molecule has 0 aliphatic rings. The summed E-state index contributed by atoms with van der Waals surface area (Å²) in [4.78, 5) is 16.4. The van der Waals surface area contributed by atoms with Crippen molar-refractivity contribution in [3.63, 3.8) is 0 Å². The zero-order valence-electron chi connectivity index (χ0n) is 14.5. The number of pyridine rings is 1. The lowest BCUT2D eigenvalue weighted by Crippen LogP contribution is -2.27. The van der Waals surface area contributed by atoms with Gasteiger partial charge in [-0.15, -0.1) is 0 Å². The van der Waals surface area contributed by atoms with Gasteiger partial charge >= 0.3 is 0 Å². The molecule has 6 heteroatoms. The largest absolute Gasteiger partial charge is 0.355 e. The first-order chi connectivity index (χ1) is 11.9. The van der Waals surface area contributed by atoms with Crippen LogP contribution in [0.25, 0.3) is 0 Å². The Labute approximate surface area is 151 Å². The molecule has 1 heterocycles. The molecule has 130 valence electrons. The topological polar surface area (TPSA) is 65.8 Å². The van der Waals surface area contributed by atoms with E-state index in [9.17, 15) is 14.4 Å². The maximum Gasteiger partial charge on any atom is 0.230 e. The summed E-state index contributed by atoms with van der Waals surface area (Å²) < 4.78 is 12.8. The monoisotopic (exact) mass is 357 g/mol. The van der Waals surface area contributed by atoms with Crippen molar-refractivity contribution in [2.24, 2.45) is 0 Å². The quantitative estimate of drug-likeness (QED) is 0.804. The Morgan fingerprint density at radius 3 is 2.56 bits per heavy atom. The molecule has 1 N–H and O–H groups in total. The van der Waals surface area contributed by atoms with E-state index in [1.165, 1.54) is 23.9 Å². The number of nitrogens with zero attached hydrogens (tertiary/aromatic N) is 2. The van der Waals surface area contributed by atoms with Crippen molar-refractivity contribution in [3.8, 4) is 6.07 Å². The average Bonchev–Trinajstić information content (AvgIpc) is 2.59. The van der Waals surface area contributed by atoms with Gasteiger partial charge in [0, 0.05) is 12.2 Å². The number of nitrogens with one attached hydrogen (secondary N) is 1. The molecular formula is C19H20FN3OS. The van der Waals surface area contributed by atoms with E-state index in [0.29, 0.717) is 23.6 Å². The highest BCUT2D eigenvalue weighted by molar-refractivity contribution is 8.00. The van der Waals surface area contributed by atoms with Gasteiger partial charge < -0.3 is 5.32 Å². The van der Waals surface area contributed by atoms with E-state index < -0.39 is 0 Å². The van der Waals surface area contributed by atoms with Gasteiger partial charge in [0.15, 0.2) is 0 Å². The minimum absolute atomic E-state index is 0.117. The summed E-state index contributed by atoms with van der Waals surface area (Å²) in [7, 11) is 0. The van der Waals surface area contributed by atoms with Crippen molar-refractivity contribution >= 4 is 17.7 Å². The van der Waals surface area contributed by atoms with Crippen LogP contribution < -0.4 is 5.32 Å². The number of carbonyl (C=O) groups is 1. The number of thioether (sulfide) groups is 1. The lowest BCUT2D eigenvalue weighted by Gasteiger charge is -2.11. The van der Waals surface area contributed by atoms with Gasteiger partial charge in [0.1, 0.15) is 16.9 Å². The SMILES string of the molecule is Cc1nc(SCC(=O)NCCc2ccc(F)cc2)c(C#N)c(C)c1C. The molecule has 0 radical (unpaired) electrons. The minimum Gasteiger partial charge on any atom is -0.355 e. The third-order valence-corrected chi connectivity index (χ3v) is 5.04. The zero-order chi connectivity index (χ0) is 18.4. The standard InChI is InChI=1S/C19H20FN3OS/c1-12-13(2)17(10-21)19(23-14(12)3)25-11-18(24)22-9-8-15-4-6-16(20)7-5-15/h4-7H,8-9,11H2,1-3H3,(H,22,24). The Kier molecular flexibility index (Phi) is 6.54. The highest BCUT2D eigenvalue weighted by atomic mass is 32.2. The van der Waals surface area contributed by atoms with Crippen molar-refractivity contribution in [2.75, 3.05) is 12.3 Å². The number of hydrogen-bond donors (Lipinski definition) is 1. The lowest BCUT2D eigenvalue weighted by atomic mass is 10.1. The maximum absolute atomic E-state index is 12.8. The van der Waals surface area contributed by atoms with E-state index in [-0.39, 0.29) is 17.5 Å². The van der Waals surface area contributed by atoms with E-state index in [2.05, 4.69) is 16.4 Å². The first-order valence-corrected chi connectivity index (χ1v) is 8.92. The predicted octanol–water partition coefficient (Wildman–Crippen LogP) is 3.47. The van der Waals surface area contributed by atoms with Crippen molar-refractivity contribution in [2.45, 2.75) is 32.2 Å². The molecule has 2 aromatic rings. The molecule has 0 unspecified atom stereocenters. The minimum atomic E-state index is -0.270. The number of amides is 1. The normalized spacial score (nSPS) is 10.4. The van der Waals surface area contributed by atoms with Crippen LogP contribution in [0.2, 0.25) is 0 Å². The van der Waals surface area contributed by atoms with E-state index in [1.54, 1.807) is 12.1 Å². The van der Waals surface area contributed by atoms with Crippen LogP contribution in [-0.2, 0) is 11.2 Å². The molecule has 2 rings (SSSR count). The van der Waals surface area contributed by atoms with E-state index in [1.807, 2.05) is 20.8 Å². The van der Waals surface area contributed by atoms with Crippen LogP contribution in [0.15, 0.2) is 29.3 Å². The highest BCUT2D eigenvalue weighted by Gasteiger charge is 2.14. The number of benzene rings is 1. The van der Waals surface area contributed by atoms with Gasteiger partial charge in [-0.05, 0) is 56.0 Å². The fourth-order valence-electron chi connectivity index (χ4n) is 2.33. The molecule has 0 aliphatic heterocycles. The molecule has 0 saturated heterocycles. The number of rotatable bonds is 6. The van der Waals surface area contributed by atoms with Crippen molar-refractivity contribution in [1.82, 2.24) is 10.3 Å². The average molecular weight is 357 g/mol. The summed E-state index contributed by atoms with van der Waals surface area (Å²) in [6.07, 6.45) is 0.640. The number of nitriles is 1. The fourth-order valence-corrected chi connectivity index (χ4v) is 3.24. The summed E-state index contributed by atoms with van der Waals surface area (Å²) in [5, 5.41) is 12.8. The first kappa shape index (κ1) is 18.9. The molecule has 0 bridgehead atoms. The van der Waals surface area contributed by atoms with E-state index in [4.69, 9.17) is 0 Å². The van der Waals surface area contributed by atoms with Crippen LogP contribution in [0.3, 0.4) is 0 Å². The maximum atomic E-state index is 12.8. The number of aryl methyl sites for hydroxylation is 1. The molecule has 1 aromatic heterocycles. The number of carbonyl (C=O) groups excluding carboxylic acids is 1. The Morgan fingerprint density at radius 2 is 1.92 bits per heavy atom. The molecule has 1 aromatic carbocycles. The Balaban J connectivity index is 1.88. The second-order valence-corrected chi connectivity index (χ2v) is 6.72. The lowest BCUT2D eigenvalue weighted by molar-refractivity contribution is -0.118. The predicted molar refractivity (Wildman–Crippen MR) is 97.0 cm³/mol. The van der Waals surface area contributed by atoms with Crippen LogP contribution in [0.4, 0.5) is 4.39 Å². The summed E-state index contributed by atoms with van der Waals surface area (Å²) in [6.45, 7) is 6.22. The molecule has 25 heavy (non-hydrogen) atoms. The van der Waals surface area contributed by atoms with E-state index >= 15 is 0 Å². The van der Waals surface area contributed by atoms with Crippen molar-refractivity contribution < 1.29 is 9.18 Å². The van der Waals surface area contributed by atoms with Crippen molar-refractivity contribution in [3.05, 3.63) is 58.0 Å². The highest BCUT2D eigenvalue weighted by Crippen LogP contribution is 2.26. The third-order valence-electron chi connectivity index (χ3n) is 4.06. The Morgan fingerprint density at radius 1 is 1.24 bits per heavy atom. The summed E-state index contributed by atoms with van der Waals surface area (Å²) in [5.41, 5.74) is 4.29. The van der Waals surface area contributed by atoms with Gasteiger partial charge in [-0.1, -0.05) is 23.9 Å². The zero-order valence-corrected chi connectivity index (χ0v) is 15.3. The van der Waals surface area contributed by atoms with Crippen LogP contribution >= 0.6 is 11.8 Å². The molecule has 0 saturated carbocycles. The summed E-state index contributed by atoms with van der Waals surface area (Å²) in [5.74, 6) is -0.185. The van der Waals surface area contributed by atoms with Gasteiger partial charge in [-0.25, -0.2) is 9.37 Å². The van der Waals surface area contributed by atoms with Crippen LogP contribution in [0, 0.1) is 37.9 Å². The molecule has 0 aliphatic carbocycles. The summed E-state index contributed by atoms with van der Waals surface area (Å²) >= 11 is 1.27. The molecule has 4 nitrogen and oxygen atoms in total. The molecular weight excluding hydrogens is 337 g/mol. The molecule has 1 amide bonds. The first-order valence-electron chi connectivity index (χ1n) is 7.94. The van der Waals surface area contributed by atoms with Crippen LogP contribution in [0.5, 0.6) is 0 Å². The van der Waals surface area contributed by atoms with Crippen molar-refractivity contribution in [1.29, 1.82) is 5.26 Å². The molecule has 0 fully saturated rings.